The van der Waals surface area contributed by atoms with Crippen molar-refractivity contribution in [3.8, 4) is 20.5 Å². The number of anilines is 1. The van der Waals surface area contributed by atoms with E-state index in [1.165, 1.54) is 41.8 Å². The van der Waals surface area contributed by atoms with E-state index in [-0.39, 0.29) is 35.6 Å². The van der Waals surface area contributed by atoms with Gasteiger partial charge in [0.05, 0.1) is 48.1 Å². The summed E-state index contributed by atoms with van der Waals surface area (Å²) in [6.45, 7) is 8.38. The second-order valence-electron chi connectivity index (χ2n) is 13.7. The molecule has 0 radical (unpaired) electrons. The number of carbonyl (C=O) groups is 5. The van der Waals surface area contributed by atoms with Crippen LogP contribution in [0.15, 0.2) is 24.8 Å². The number of hydrogen-bond donors (Lipinski definition) is 4. The maximum atomic E-state index is 13.5. The summed E-state index contributed by atoms with van der Waals surface area (Å²) in [5.74, 6) is -0.122. The molecule has 0 saturated carbocycles. The van der Waals surface area contributed by atoms with Gasteiger partial charge in [0.2, 0.25) is 17.7 Å². The summed E-state index contributed by atoms with van der Waals surface area (Å²) in [7, 11) is 2.51. The second-order valence-corrected chi connectivity index (χ2v) is 15.7. The minimum atomic E-state index is -0.817. The number of methoxy groups -OCH3 is 2. The lowest BCUT2D eigenvalue weighted by molar-refractivity contribution is -0.139. The molecule has 4 aromatic heterocycles. The van der Waals surface area contributed by atoms with Crippen LogP contribution < -0.4 is 16.0 Å². The number of alkyl carbamates (subject to hydrolysis) is 2. The van der Waals surface area contributed by atoms with Gasteiger partial charge in [-0.15, -0.1) is 11.3 Å². The molecule has 0 aromatic carbocycles. The maximum absolute atomic E-state index is 13.5. The van der Waals surface area contributed by atoms with Gasteiger partial charge in [0.1, 0.15) is 29.0 Å². The Bertz CT molecular complexity index is 1950. The number of hydrogen-bond acceptors (Lipinski definition) is 12. The van der Waals surface area contributed by atoms with Crippen LogP contribution in [-0.4, -0.2) is 109 Å². The lowest BCUT2D eigenvalue weighted by atomic mass is 10.0. The number of aromatic nitrogens is 5. The zero-order valence-electron chi connectivity index (χ0n) is 30.4. The van der Waals surface area contributed by atoms with Gasteiger partial charge in [0.25, 0.3) is 0 Å². The monoisotopic (exact) mass is 768 g/mol. The van der Waals surface area contributed by atoms with E-state index in [0.717, 1.165) is 33.3 Å². The third kappa shape index (κ3) is 8.00. The van der Waals surface area contributed by atoms with Gasteiger partial charge < -0.3 is 40.2 Å². The highest BCUT2D eigenvalue weighted by Gasteiger charge is 2.40. The van der Waals surface area contributed by atoms with Crippen molar-refractivity contribution in [1.29, 1.82) is 0 Å². The lowest BCUT2D eigenvalue weighted by Crippen LogP contribution is -2.54. The Morgan fingerprint density at radius 3 is 2.11 bits per heavy atom. The topological polar surface area (TPSA) is 205 Å². The molecule has 5 amide bonds. The van der Waals surface area contributed by atoms with Crippen LogP contribution in [0.5, 0.6) is 0 Å². The van der Waals surface area contributed by atoms with E-state index in [9.17, 15) is 24.0 Å². The first-order valence-corrected chi connectivity index (χ1v) is 19.1. The summed E-state index contributed by atoms with van der Waals surface area (Å²) < 4.78 is 11.2. The first-order chi connectivity index (χ1) is 25.4. The van der Waals surface area contributed by atoms with E-state index in [2.05, 4.69) is 40.6 Å². The third-order valence-electron chi connectivity index (χ3n) is 9.46. The van der Waals surface area contributed by atoms with E-state index in [4.69, 9.17) is 4.74 Å². The Kier molecular flexibility index (Phi) is 11.3. The molecule has 19 heteroatoms. The number of nitrogens with one attached hydrogen (secondary N) is 4. The molecule has 6 heterocycles. The summed E-state index contributed by atoms with van der Waals surface area (Å²) >= 11 is 2.91. The number of fused-ring (bicyclic) bond motifs is 1. The zero-order chi connectivity index (χ0) is 38.0. The van der Waals surface area contributed by atoms with Crippen molar-refractivity contribution in [2.24, 2.45) is 11.8 Å². The van der Waals surface area contributed by atoms with Crippen LogP contribution in [0.4, 0.5) is 15.4 Å². The molecule has 17 nitrogen and oxygen atoms in total. The van der Waals surface area contributed by atoms with Gasteiger partial charge in [-0.25, -0.2) is 24.5 Å². The van der Waals surface area contributed by atoms with Gasteiger partial charge in [-0.05, 0) is 37.5 Å². The first kappa shape index (κ1) is 37.7. The van der Waals surface area contributed by atoms with E-state index in [1.54, 1.807) is 23.5 Å². The molecule has 0 spiro atoms. The molecule has 4 unspecified atom stereocenters. The van der Waals surface area contributed by atoms with Crippen LogP contribution in [-0.2, 0) is 23.9 Å². The summed E-state index contributed by atoms with van der Waals surface area (Å²) in [4.78, 5) is 87.0. The van der Waals surface area contributed by atoms with Crippen LogP contribution in [0.3, 0.4) is 0 Å². The van der Waals surface area contributed by atoms with Gasteiger partial charge in [0.15, 0.2) is 10.8 Å². The molecule has 284 valence electrons. The Morgan fingerprint density at radius 2 is 1.47 bits per heavy atom. The van der Waals surface area contributed by atoms with Crippen LogP contribution in [0.1, 0.15) is 65.2 Å². The number of amides is 5. The van der Waals surface area contributed by atoms with Crippen LogP contribution in [0.2, 0.25) is 0 Å². The predicted octanol–water partition coefficient (Wildman–Crippen LogP) is 4.26. The average molecular weight is 769 g/mol. The molecule has 4 atom stereocenters. The molecule has 2 aliphatic heterocycles. The van der Waals surface area contributed by atoms with E-state index in [1.807, 2.05) is 38.3 Å². The summed E-state index contributed by atoms with van der Waals surface area (Å²) in [6, 6.07) is -2.46. The summed E-state index contributed by atoms with van der Waals surface area (Å²) in [6.07, 6.45) is 8.53. The Hall–Kier alpha value is -5.04. The standard InChI is InChI=1S/C34H44N10O7S2/c1-17(2)25(40-33(48)50-5)30(46)43-11-7-9-20(43)27-35-13-19(37-27)22-14-36-29(52-22)23-15-42-16-24(39-32(42)53-23)38-28(45)21-10-8-12-44(21)31(47)26(18(3)4)41-34(49)51-6/h13-18,20-21,25-26H,7-12H2,1-6H3,(H,35,37)(H,38,45)(H,40,48)(H,41,49). The van der Waals surface area contributed by atoms with E-state index < -0.39 is 30.3 Å². The molecule has 6 rings (SSSR count). The molecule has 2 aliphatic rings. The number of imidazole rings is 2. The molecule has 0 bridgehead atoms. The number of H-pyrrole nitrogens is 1. The Balaban J connectivity index is 1.10. The molecular formula is C34H44N10O7S2. The lowest BCUT2D eigenvalue weighted by Gasteiger charge is -2.30. The fourth-order valence-electron chi connectivity index (χ4n) is 6.68. The number of carbonyl (C=O) groups excluding carboxylic acids is 5. The average Bonchev–Trinajstić information content (AvgIpc) is 3.97. The highest BCUT2D eigenvalue weighted by molar-refractivity contribution is 7.25. The van der Waals surface area contributed by atoms with E-state index in [0.29, 0.717) is 42.5 Å². The smallest absolute Gasteiger partial charge is 0.407 e. The Labute approximate surface area is 313 Å². The van der Waals surface area contributed by atoms with Crippen molar-refractivity contribution in [3.63, 3.8) is 0 Å². The fourth-order valence-corrected chi connectivity index (χ4v) is 8.58. The molecule has 53 heavy (non-hydrogen) atoms. The SMILES string of the molecule is COC(=O)NC(C(=O)N1CCCC1C(=O)Nc1cn2cc(-c3ncc(-c4cnc(C5CCCN5C(=O)C(NC(=O)OC)C(C)C)[nH]4)s3)sc2n1)C(C)C. The summed E-state index contributed by atoms with van der Waals surface area (Å²) in [5.41, 5.74) is 0.780. The van der Waals surface area contributed by atoms with Gasteiger partial charge in [0, 0.05) is 25.5 Å². The first-order valence-electron chi connectivity index (χ1n) is 17.5. The largest absolute Gasteiger partial charge is 0.453 e. The predicted molar refractivity (Wildman–Crippen MR) is 197 cm³/mol. The van der Waals surface area contributed by atoms with Crippen molar-refractivity contribution in [2.75, 3.05) is 32.6 Å². The zero-order valence-corrected chi connectivity index (χ0v) is 32.0. The maximum Gasteiger partial charge on any atom is 0.407 e. The van der Waals surface area contributed by atoms with Gasteiger partial charge in [-0.3, -0.25) is 18.8 Å². The van der Waals surface area contributed by atoms with Crippen LogP contribution >= 0.6 is 22.7 Å². The van der Waals surface area contributed by atoms with Crippen molar-refractivity contribution in [3.05, 3.63) is 30.6 Å². The number of aromatic amines is 1. The second kappa shape index (κ2) is 15.9. The molecule has 4 N–H and O–H groups in total. The van der Waals surface area contributed by atoms with E-state index >= 15 is 0 Å². The number of likely N-dealkylation sites (tertiary alicyclic amines) is 2. The number of ether oxygens (including phenoxy) is 2. The minimum absolute atomic E-state index is 0.127. The quantitative estimate of drug-likeness (QED) is 0.171. The molecular weight excluding hydrogens is 725 g/mol. The highest BCUT2D eigenvalue weighted by atomic mass is 32.1. The summed E-state index contributed by atoms with van der Waals surface area (Å²) in [5, 5.41) is 8.91. The fraction of sp³-hybridized carbons (Fsp3) is 0.529. The minimum Gasteiger partial charge on any atom is -0.453 e. The number of thiazole rings is 2. The van der Waals surface area contributed by atoms with Crippen molar-refractivity contribution in [2.45, 2.75) is 77.5 Å². The van der Waals surface area contributed by atoms with Gasteiger partial charge >= 0.3 is 12.2 Å². The van der Waals surface area contributed by atoms with Crippen LogP contribution in [0.25, 0.3) is 25.4 Å². The number of nitrogens with zero attached hydrogens (tertiary/aromatic N) is 6. The Morgan fingerprint density at radius 1 is 0.830 bits per heavy atom. The molecule has 2 fully saturated rings. The van der Waals surface area contributed by atoms with Crippen LogP contribution in [0, 0.1) is 11.8 Å². The van der Waals surface area contributed by atoms with Gasteiger partial charge in [-0.1, -0.05) is 39.0 Å². The number of rotatable bonds is 11. The van der Waals surface area contributed by atoms with Crippen molar-refractivity contribution in [1.82, 2.24) is 44.8 Å². The molecule has 0 aliphatic carbocycles. The molecule has 2 saturated heterocycles. The van der Waals surface area contributed by atoms with Crippen molar-refractivity contribution >= 4 is 63.4 Å². The van der Waals surface area contributed by atoms with Gasteiger partial charge in [-0.2, -0.15) is 0 Å². The van der Waals surface area contributed by atoms with Crippen molar-refractivity contribution < 1.29 is 33.4 Å². The normalized spacial score (nSPS) is 18.4. The third-order valence-corrected chi connectivity index (χ3v) is 11.7. The highest BCUT2D eigenvalue weighted by Crippen LogP contribution is 2.37. The molecule has 4 aromatic rings.